The van der Waals surface area contributed by atoms with Gasteiger partial charge in [-0.25, -0.2) is 0 Å². The Balaban J connectivity index is 1.54. The van der Waals surface area contributed by atoms with E-state index in [-0.39, 0.29) is 0 Å². The summed E-state index contributed by atoms with van der Waals surface area (Å²) in [4.78, 5) is 0. The lowest BCUT2D eigenvalue weighted by Crippen LogP contribution is -2.56. The summed E-state index contributed by atoms with van der Waals surface area (Å²) in [5.74, 6) is 2.93. The third-order valence-electron chi connectivity index (χ3n) is 8.83. The molecular formula is C19H30O. The summed E-state index contributed by atoms with van der Waals surface area (Å²) in [6.07, 6.45) is 15.4. The molecule has 0 aromatic heterocycles. The molecular weight excluding hydrogens is 244 g/mol. The normalized spacial score (nSPS) is 63.9. The molecule has 0 bridgehead atoms. The molecule has 4 aliphatic carbocycles. The lowest BCUT2D eigenvalue weighted by Gasteiger charge is -2.60. The summed E-state index contributed by atoms with van der Waals surface area (Å²) in [6.45, 7) is 5.23. The first-order valence-corrected chi connectivity index (χ1v) is 9.28. The van der Waals surface area contributed by atoms with E-state index >= 15 is 0 Å². The zero-order valence-corrected chi connectivity index (χ0v) is 13.3. The highest BCUT2D eigenvalue weighted by Gasteiger charge is 2.77. The summed E-state index contributed by atoms with van der Waals surface area (Å²) < 4.78 is 6.44. The molecule has 1 nitrogen and oxygen atoms in total. The maximum Gasteiger partial charge on any atom is 0.103 e. The Morgan fingerprint density at radius 3 is 2.50 bits per heavy atom. The molecule has 1 spiro atoms. The maximum absolute atomic E-state index is 6.44. The van der Waals surface area contributed by atoms with Gasteiger partial charge in [0.2, 0.25) is 0 Å². The number of ether oxygens (including phenoxy) is 1. The fraction of sp³-hybridized carbons (Fsp3) is 1.00. The van der Waals surface area contributed by atoms with Gasteiger partial charge in [-0.05, 0) is 80.0 Å². The third-order valence-corrected chi connectivity index (χ3v) is 8.83. The monoisotopic (exact) mass is 274 g/mol. The Kier molecular flexibility index (Phi) is 2.28. The van der Waals surface area contributed by atoms with Crippen molar-refractivity contribution in [3.05, 3.63) is 0 Å². The highest BCUT2D eigenvalue weighted by Crippen LogP contribution is 2.74. The van der Waals surface area contributed by atoms with Crippen LogP contribution in [-0.4, -0.2) is 11.7 Å². The Morgan fingerprint density at radius 2 is 1.65 bits per heavy atom. The predicted octanol–water partition coefficient (Wildman–Crippen LogP) is 4.94. The van der Waals surface area contributed by atoms with Crippen LogP contribution in [0.3, 0.4) is 0 Å². The molecule has 1 heteroatoms. The molecule has 0 aromatic carbocycles. The standard InChI is InChI=1S/C19H30O/c1-17-11-8-14-15(19(17)16(20-19)9-12-17)7-6-13-5-3-4-10-18(13,14)2/h13-16H,3-12H2,1-2H3/t13-,14+,15-,16+,17-,18+,19+/m1/s1. The first-order chi connectivity index (χ1) is 9.60. The molecule has 7 atom stereocenters. The summed E-state index contributed by atoms with van der Waals surface area (Å²) in [7, 11) is 0. The Hall–Kier alpha value is -0.0400. The fourth-order valence-corrected chi connectivity index (χ4v) is 7.70. The van der Waals surface area contributed by atoms with Gasteiger partial charge in [0.15, 0.2) is 0 Å². The van der Waals surface area contributed by atoms with Crippen LogP contribution < -0.4 is 0 Å². The second kappa shape index (κ2) is 3.65. The van der Waals surface area contributed by atoms with E-state index in [4.69, 9.17) is 4.74 Å². The van der Waals surface area contributed by atoms with Crippen LogP contribution in [0.15, 0.2) is 0 Å². The SMILES string of the molecule is C[C@]12CCCC[C@@H]1CC[C@@H]1[C@@H]2CC[C@]2(C)CC[C@@H]3O[C@]312. The summed E-state index contributed by atoms with van der Waals surface area (Å²) in [5.41, 5.74) is 1.55. The van der Waals surface area contributed by atoms with Gasteiger partial charge in [0.05, 0.1) is 6.10 Å². The zero-order valence-electron chi connectivity index (χ0n) is 13.3. The molecule has 1 heterocycles. The first kappa shape index (κ1) is 12.5. The van der Waals surface area contributed by atoms with E-state index in [1.54, 1.807) is 0 Å². The van der Waals surface area contributed by atoms with Gasteiger partial charge in [-0.3, -0.25) is 0 Å². The maximum atomic E-state index is 6.44. The van der Waals surface area contributed by atoms with Gasteiger partial charge in [0.1, 0.15) is 5.60 Å². The minimum atomic E-state index is 0.349. The molecule has 0 amide bonds. The Labute approximate surface area is 123 Å². The van der Waals surface area contributed by atoms with Crippen LogP contribution in [0.5, 0.6) is 0 Å². The summed E-state index contributed by atoms with van der Waals surface area (Å²) in [6, 6.07) is 0. The van der Waals surface area contributed by atoms with Crippen molar-refractivity contribution in [2.24, 2.45) is 28.6 Å². The van der Waals surface area contributed by atoms with Crippen molar-refractivity contribution in [3.8, 4) is 0 Å². The highest BCUT2D eigenvalue weighted by molar-refractivity contribution is 5.25. The van der Waals surface area contributed by atoms with Crippen molar-refractivity contribution in [3.63, 3.8) is 0 Å². The van der Waals surface area contributed by atoms with Crippen molar-refractivity contribution in [2.75, 3.05) is 0 Å². The molecule has 0 unspecified atom stereocenters. The minimum Gasteiger partial charge on any atom is -0.365 e. The Bertz CT molecular complexity index is 445. The quantitative estimate of drug-likeness (QED) is 0.570. The van der Waals surface area contributed by atoms with E-state index in [0.29, 0.717) is 22.5 Å². The summed E-state index contributed by atoms with van der Waals surface area (Å²) in [5, 5.41) is 0. The van der Waals surface area contributed by atoms with E-state index in [1.165, 1.54) is 64.2 Å². The van der Waals surface area contributed by atoms with Crippen LogP contribution in [0.1, 0.15) is 78.1 Å². The predicted molar refractivity (Wildman–Crippen MR) is 80.5 cm³/mol. The number of rotatable bonds is 0. The highest BCUT2D eigenvalue weighted by atomic mass is 16.6. The molecule has 0 aromatic rings. The average Bonchev–Trinajstić information content (AvgIpc) is 3.10. The van der Waals surface area contributed by atoms with Crippen LogP contribution in [0.25, 0.3) is 0 Å². The van der Waals surface area contributed by atoms with Gasteiger partial charge < -0.3 is 4.74 Å². The largest absolute Gasteiger partial charge is 0.365 e. The van der Waals surface area contributed by atoms with Gasteiger partial charge in [0.25, 0.3) is 0 Å². The molecule has 4 saturated carbocycles. The molecule has 0 N–H and O–H groups in total. The number of epoxide rings is 1. The molecule has 5 aliphatic rings. The van der Waals surface area contributed by atoms with Crippen LogP contribution in [0, 0.1) is 28.6 Å². The Morgan fingerprint density at radius 1 is 0.800 bits per heavy atom. The van der Waals surface area contributed by atoms with Crippen molar-refractivity contribution in [1.29, 1.82) is 0 Å². The van der Waals surface area contributed by atoms with Crippen molar-refractivity contribution >= 4 is 0 Å². The van der Waals surface area contributed by atoms with E-state index in [9.17, 15) is 0 Å². The van der Waals surface area contributed by atoms with Gasteiger partial charge in [-0.15, -0.1) is 0 Å². The lowest BCUT2D eigenvalue weighted by molar-refractivity contribution is -0.122. The van der Waals surface area contributed by atoms with Crippen LogP contribution in [0.4, 0.5) is 0 Å². The first-order valence-electron chi connectivity index (χ1n) is 9.28. The van der Waals surface area contributed by atoms with Gasteiger partial charge in [-0.2, -0.15) is 0 Å². The van der Waals surface area contributed by atoms with Crippen LogP contribution in [0.2, 0.25) is 0 Å². The molecule has 0 radical (unpaired) electrons. The van der Waals surface area contributed by atoms with Gasteiger partial charge in [0, 0.05) is 0 Å². The van der Waals surface area contributed by atoms with Crippen molar-refractivity contribution < 1.29 is 4.74 Å². The molecule has 5 rings (SSSR count). The molecule has 5 fully saturated rings. The van der Waals surface area contributed by atoms with Gasteiger partial charge >= 0.3 is 0 Å². The van der Waals surface area contributed by atoms with Crippen LogP contribution in [-0.2, 0) is 4.74 Å². The average molecular weight is 274 g/mol. The third kappa shape index (κ3) is 1.22. The fourth-order valence-electron chi connectivity index (χ4n) is 7.70. The van der Waals surface area contributed by atoms with Crippen molar-refractivity contribution in [2.45, 2.75) is 89.8 Å². The van der Waals surface area contributed by atoms with E-state index in [1.807, 2.05) is 0 Å². The molecule has 20 heavy (non-hydrogen) atoms. The lowest BCUT2D eigenvalue weighted by atomic mass is 9.45. The van der Waals surface area contributed by atoms with Gasteiger partial charge in [-0.1, -0.05) is 26.7 Å². The molecule has 112 valence electrons. The summed E-state index contributed by atoms with van der Waals surface area (Å²) >= 11 is 0. The number of fused-ring (bicyclic) bond motifs is 3. The second-order valence-electron chi connectivity index (χ2n) is 9.28. The van der Waals surface area contributed by atoms with E-state index in [2.05, 4.69) is 13.8 Å². The van der Waals surface area contributed by atoms with Crippen molar-refractivity contribution in [1.82, 2.24) is 0 Å². The number of hydrogen-bond donors (Lipinski definition) is 0. The number of hydrogen-bond acceptors (Lipinski definition) is 1. The topological polar surface area (TPSA) is 12.5 Å². The smallest absolute Gasteiger partial charge is 0.103 e. The minimum absolute atomic E-state index is 0.349. The van der Waals surface area contributed by atoms with Crippen LogP contribution >= 0.6 is 0 Å². The van der Waals surface area contributed by atoms with E-state index in [0.717, 1.165) is 17.8 Å². The van der Waals surface area contributed by atoms with E-state index < -0.39 is 0 Å². The second-order valence-corrected chi connectivity index (χ2v) is 9.28. The molecule has 1 saturated heterocycles. The zero-order chi connectivity index (χ0) is 13.6. The molecule has 1 aliphatic heterocycles.